The van der Waals surface area contributed by atoms with E-state index in [2.05, 4.69) is 46.1 Å². The van der Waals surface area contributed by atoms with Crippen LogP contribution in [0.3, 0.4) is 0 Å². The first kappa shape index (κ1) is 16.5. The largest absolute Gasteiger partial charge is 0.321 e. The minimum absolute atomic E-state index is 0.256. The van der Waals surface area contributed by atoms with Gasteiger partial charge in [0.05, 0.1) is 17.4 Å². The number of imidazole rings is 1. The molecule has 0 saturated heterocycles. The van der Waals surface area contributed by atoms with E-state index in [1.54, 1.807) is 12.5 Å². The summed E-state index contributed by atoms with van der Waals surface area (Å²) in [6.07, 6.45) is 11.2. The highest BCUT2D eigenvalue weighted by atomic mass is 16.1. The number of fused-ring (bicyclic) bond motifs is 1. The molecule has 0 aliphatic heterocycles. The van der Waals surface area contributed by atoms with Crippen LogP contribution in [0.4, 0.5) is 5.69 Å². The number of hydrogen-bond donors (Lipinski definition) is 1. The summed E-state index contributed by atoms with van der Waals surface area (Å²) >= 11 is 0. The normalized spacial score (nSPS) is 15.1. The molecule has 0 bridgehead atoms. The van der Waals surface area contributed by atoms with Crippen LogP contribution in [0.25, 0.3) is 16.9 Å². The maximum absolute atomic E-state index is 11.5. The van der Waals surface area contributed by atoms with Crippen LogP contribution in [-0.2, 0) is 4.79 Å². The van der Waals surface area contributed by atoms with E-state index in [0.717, 1.165) is 11.2 Å². The lowest BCUT2D eigenvalue weighted by molar-refractivity contribution is -0.111. The second kappa shape index (κ2) is 7.12. The molecule has 1 fully saturated rings. The zero-order valence-electron chi connectivity index (χ0n) is 14.7. The van der Waals surface area contributed by atoms with Gasteiger partial charge in [0.25, 0.3) is 0 Å². The van der Waals surface area contributed by atoms with Crippen molar-refractivity contribution in [2.45, 2.75) is 38.0 Å². The molecule has 0 atom stereocenters. The number of pyridine rings is 1. The molecule has 1 N–H and O–H groups in total. The predicted octanol–water partition coefficient (Wildman–Crippen LogP) is 4.59. The third-order valence-electron chi connectivity index (χ3n) is 5.10. The first-order valence-electron chi connectivity index (χ1n) is 9.11. The second-order valence-corrected chi connectivity index (χ2v) is 6.80. The molecule has 1 aromatic carbocycles. The molecule has 2 aromatic heterocycles. The number of carbonyl (C=O) groups excluding carboxylic acids is 1. The highest BCUT2D eigenvalue weighted by Crippen LogP contribution is 2.33. The Morgan fingerprint density at radius 3 is 2.65 bits per heavy atom. The zero-order valence-corrected chi connectivity index (χ0v) is 14.7. The number of hydrogen-bond acceptors (Lipinski definition) is 3. The molecule has 0 radical (unpaired) electrons. The van der Waals surface area contributed by atoms with E-state index < -0.39 is 0 Å². The lowest BCUT2D eigenvalue weighted by atomic mass is 9.84. The molecule has 0 unspecified atom stereocenters. The van der Waals surface area contributed by atoms with Crippen LogP contribution >= 0.6 is 0 Å². The van der Waals surface area contributed by atoms with Gasteiger partial charge in [-0.15, -0.1) is 0 Å². The lowest BCUT2D eigenvalue weighted by Gasteiger charge is -2.22. The molecular formula is C21H22N4O. The van der Waals surface area contributed by atoms with Gasteiger partial charge in [0.1, 0.15) is 6.33 Å². The first-order valence-corrected chi connectivity index (χ1v) is 9.11. The fourth-order valence-corrected chi connectivity index (χ4v) is 3.71. The molecule has 5 heteroatoms. The van der Waals surface area contributed by atoms with Crippen LogP contribution in [-0.4, -0.2) is 20.4 Å². The van der Waals surface area contributed by atoms with Crippen molar-refractivity contribution in [2.24, 2.45) is 0 Å². The molecule has 132 valence electrons. The summed E-state index contributed by atoms with van der Waals surface area (Å²) in [5, 5.41) is 2.74. The van der Waals surface area contributed by atoms with E-state index in [4.69, 9.17) is 0 Å². The van der Waals surface area contributed by atoms with Gasteiger partial charge >= 0.3 is 0 Å². The van der Waals surface area contributed by atoms with Crippen molar-refractivity contribution in [3.05, 3.63) is 61.1 Å². The third-order valence-corrected chi connectivity index (χ3v) is 5.10. The number of amides is 1. The van der Waals surface area contributed by atoms with Crippen molar-refractivity contribution in [1.82, 2.24) is 14.5 Å². The Labute approximate surface area is 152 Å². The predicted molar refractivity (Wildman–Crippen MR) is 104 cm³/mol. The summed E-state index contributed by atoms with van der Waals surface area (Å²) in [6.45, 7) is 3.47. The molecular weight excluding hydrogens is 324 g/mol. The van der Waals surface area contributed by atoms with E-state index in [9.17, 15) is 4.79 Å². The Kier molecular flexibility index (Phi) is 4.52. The number of carbonyl (C=O) groups is 1. The molecule has 0 spiro atoms. The maximum atomic E-state index is 11.5. The summed E-state index contributed by atoms with van der Waals surface area (Å²) in [7, 11) is 0. The highest BCUT2D eigenvalue weighted by Gasteiger charge is 2.15. The van der Waals surface area contributed by atoms with Crippen LogP contribution in [0.5, 0.6) is 0 Å². The number of nitrogens with one attached hydrogen (secondary N) is 1. The molecule has 1 amide bonds. The summed E-state index contributed by atoms with van der Waals surface area (Å²) in [5.41, 5.74) is 4.61. The van der Waals surface area contributed by atoms with Crippen LogP contribution in [0.2, 0.25) is 0 Å². The fourth-order valence-electron chi connectivity index (χ4n) is 3.71. The Morgan fingerprint density at radius 1 is 1.15 bits per heavy atom. The van der Waals surface area contributed by atoms with E-state index in [1.807, 2.05) is 10.6 Å². The number of nitrogens with zero attached hydrogens (tertiary/aromatic N) is 3. The molecule has 1 aliphatic carbocycles. The molecule has 2 heterocycles. The Hall–Kier alpha value is -2.95. The van der Waals surface area contributed by atoms with Gasteiger partial charge in [-0.25, -0.2) is 9.97 Å². The fraction of sp³-hybridized carbons (Fsp3) is 0.286. The number of aromatic nitrogens is 3. The standard InChI is InChI=1S/C21H22N4O/c1-2-20(26)24-17-12-19-21(22-13-17)23-14-25(19)18-10-8-16(9-11-18)15-6-4-3-5-7-15/h2,8-15H,1,3-7H2,(H,24,26). The summed E-state index contributed by atoms with van der Waals surface area (Å²) in [5.74, 6) is 0.439. The highest BCUT2D eigenvalue weighted by molar-refractivity contribution is 5.99. The second-order valence-electron chi connectivity index (χ2n) is 6.80. The van der Waals surface area contributed by atoms with E-state index in [1.165, 1.54) is 43.7 Å². The minimum Gasteiger partial charge on any atom is -0.321 e. The zero-order chi connectivity index (χ0) is 17.9. The van der Waals surface area contributed by atoms with E-state index in [0.29, 0.717) is 17.3 Å². The number of anilines is 1. The maximum Gasteiger partial charge on any atom is 0.247 e. The van der Waals surface area contributed by atoms with E-state index in [-0.39, 0.29) is 5.91 Å². The van der Waals surface area contributed by atoms with Crippen molar-refractivity contribution in [1.29, 1.82) is 0 Å². The topological polar surface area (TPSA) is 59.8 Å². The monoisotopic (exact) mass is 346 g/mol. The van der Waals surface area contributed by atoms with Crippen LogP contribution in [0.1, 0.15) is 43.6 Å². The van der Waals surface area contributed by atoms with Crippen molar-refractivity contribution < 1.29 is 4.79 Å². The molecule has 1 saturated carbocycles. The summed E-state index contributed by atoms with van der Waals surface area (Å²) in [6, 6.07) is 10.6. The molecule has 4 rings (SSSR count). The Morgan fingerprint density at radius 2 is 1.92 bits per heavy atom. The summed E-state index contributed by atoms with van der Waals surface area (Å²) in [4.78, 5) is 20.2. The van der Waals surface area contributed by atoms with Crippen LogP contribution < -0.4 is 5.32 Å². The number of rotatable bonds is 4. The van der Waals surface area contributed by atoms with Crippen molar-refractivity contribution in [2.75, 3.05) is 5.32 Å². The molecule has 3 aromatic rings. The van der Waals surface area contributed by atoms with Gasteiger partial charge in [0.15, 0.2) is 5.65 Å². The van der Waals surface area contributed by atoms with E-state index >= 15 is 0 Å². The van der Waals surface area contributed by atoms with Gasteiger partial charge in [-0.3, -0.25) is 9.36 Å². The van der Waals surface area contributed by atoms with Crippen molar-refractivity contribution in [3.8, 4) is 5.69 Å². The number of benzene rings is 1. The Balaban J connectivity index is 1.64. The first-order chi connectivity index (χ1) is 12.7. The Bertz CT molecular complexity index is 936. The molecule has 5 nitrogen and oxygen atoms in total. The van der Waals surface area contributed by atoms with Gasteiger partial charge in [0.2, 0.25) is 5.91 Å². The lowest BCUT2D eigenvalue weighted by Crippen LogP contribution is -2.07. The van der Waals surface area contributed by atoms with Gasteiger partial charge in [-0.1, -0.05) is 38.0 Å². The minimum atomic E-state index is -0.256. The van der Waals surface area contributed by atoms with Crippen LogP contribution in [0.15, 0.2) is 55.5 Å². The van der Waals surface area contributed by atoms with Crippen molar-refractivity contribution >= 4 is 22.8 Å². The molecule has 1 aliphatic rings. The summed E-state index contributed by atoms with van der Waals surface area (Å²) < 4.78 is 2.00. The smallest absolute Gasteiger partial charge is 0.247 e. The van der Waals surface area contributed by atoms with Gasteiger partial charge in [-0.05, 0) is 48.6 Å². The quantitative estimate of drug-likeness (QED) is 0.703. The van der Waals surface area contributed by atoms with Crippen LogP contribution in [0, 0.1) is 0 Å². The SMILES string of the molecule is C=CC(=O)Nc1cnc2ncn(-c3ccc(C4CCCCC4)cc3)c2c1. The van der Waals surface area contributed by atoms with Gasteiger partial charge < -0.3 is 5.32 Å². The average molecular weight is 346 g/mol. The van der Waals surface area contributed by atoms with Gasteiger partial charge in [0, 0.05) is 5.69 Å². The average Bonchev–Trinajstić information content (AvgIpc) is 3.12. The van der Waals surface area contributed by atoms with Gasteiger partial charge in [-0.2, -0.15) is 0 Å². The van der Waals surface area contributed by atoms with Crippen molar-refractivity contribution in [3.63, 3.8) is 0 Å². The third kappa shape index (κ3) is 3.25. The molecule has 26 heavy (non-hydrogen) atoms.